The highest BCUT2D eigenvalue weighted by molar-refractivity contribution is 7.13. The fourth-order valence-corrected chi connectivity index (χ4v) is 1.84. The minimum atomic E-state index is -0.819. The maximum absolute atomic E-state index is 10.4. The number of nitrogens with zero attached hydrogens (tertiary/aromatic N) is 3. The van der Waals surface area contributed by atoms with E-state index in [1.54, 1.807) is 40.1 Å². The van der Waals surface area contributed by atoms with Gasteiger partial charge in [-0.1, -0.05) is 4.68 Å². The molecule has 2 aromatic rings. The first-order valence-electron chi connectivity index (χ1n) is 4.72. The zero-order valence-electron chi connectivity index (χ0n) is 8.41. The summed E-state index contributed by atoms with van der Waals surface area (Å²) in [4.78, 5) is 15.4. The Hall–Kier alpha value is -1.82. The molecular formula is C10H10N3O2S+. The normalized spacial score (nSPS) is 10.2. The molecule has 0 saturated carbocycles. The van der Waals surface area contributed by atoms with Crippen LogP contribution >= 0.6 is 11.3 Å². The lowest BCUT2D eigenvalue weighted by Gasteiger charge is -1.94. The molecule has 1 N–H and O–H groups in total. The second-order valence-corrected chi connectivity index (χ2v) is 4.07. The molecule has 0 aliphatic heterocycles. The monoisotopic (exact) mass is 236 g/mol. The smallest absolute Gasteiger partial charge is 0.309 e. The van der Waals surface area contributed by atoms with Crippen LogP contribution in [0.5, 0.6) is 0 Å². The molecule has 0 bridgehead atoms. The summed E-state index contributed by atoms with van der Waals surface area (Å²) in [6.45, 7) is 0.387. The molecule has 6 heteroatoms. The Morgan fingerprint density at radius 2 is 2.38 bits per heavy atom. The van der Waals surface area contributed by atoms with Gasteiger partial charge in [-0.05, 0) is 5.10 Å². The van der Waals surface area contributed by atoms with E-state index in [0.717, 1.165) is 10.4 Å². The Balaban J connectivity index is 2.08. The van der Waals surface area contributed by atoms with Crippen LogP contribution in [0.15, 0.2) is 30.2 Å². The third-order valence-electron chi connectivity index (χ3n) is 2.04. The number of aryl methyl sites for hydroxylation is 1. The second kappa shape index (κ2) is 4.80. The lowest BCUT2D eigenvalue weighted by atomic mass is 10.3. The highest BCUT2D eigenvalue weighted by atomic mass is 32.1. The van der Waals surface area contributed by atoms with Gasteiger partial charge >= 0.3 is 5.97 Å². The molecule has 0 spiro atoms. The predicted molar refractivity (Wildman–Crippen MR) is 57.8 cm³/mol. The van der Waals surface area contributed by atoms with Gasteiger partial charge in [0.05, 0.1) is 10.4 Å². The Morgan fingerprint density at radius 3 is 2.94 bits per heavy atom. The van der Waals surface area contributed by atoms with Gasteiger partial charge in [-0.3, -0.25) is 9.78 Å². The van der Waals surface area contributed by atoms with Crippen molar-refractivity contribution >= 4 is 17.3 Å². The van der Waals surface area contributed by atoms with Gasteiger partial charge in [-0.25, -0.2) is 0 Å². The summed E-state index contributed by atoms with van der Waals surface area (Å²) in [5.74, 6) is -0.819. The molecule has 0 unspecified atom stereocenters. The number of carboxylic acid groups (broad SMARTS) is 1. The van der Waals surface area contributed by atoms with Crippen molar-refractivity contribution in [2.45, 2.75) is 13.0 Å². The molecule has 0 amide bonds. The third-order valence-corrected chi connectivity index (χ3v) is 2.87. The fraction of sp³-hybridized carbons (Fsp3) is 0.200. The molecule has 0 aromatic carbocycles. The molecule has 0 atom stereocenters. The van der Waals surface area contributed by atoms with E-state index >= 15 is 0 Å². The van der Waals surface area contributed by atoms with Crippen LogP contribution in [0.2, 0.25) is 0 Å². The van der Waals surface area contributed by atoms with Crippen LogP contribution in [0.4, 0.5) is 0 Å². The van der Waals surface area contributed by atoms with Crippen molar-refractivity contribution in [1.82, 2.24) is 10.1 Å². The molecule has 82 valence electrons. The minimum absolute atomic E-state index is 0.0809. The van der Waals surface area contributed by atoms with Gasteiger partial charge in [0, 0.05) is 17.8 Å². The van der Waals surface area contributed by atoms with Crippen LogP contribution in [0.1, 0.15) is 6.42 Å². The summed E-state index contributed by atoms with van der Waals surface area (Å²) < 4.78 is 1.61. The number of thiazole rings is 1. The zero-order chi connectivity index (χ0) is 11.4. The van der Waals surface area contributed by atoms with Crippen LogP contribution in [0.3, 0.4) is 0 Å². The Morgan fingerprint density at radius 1 is 1.50 bits per heavy atom. The minimum Gasteiger partial charge on any atom is -0.481 e. The van der Waals surface area contributed by atoms with E-state index < -0.39 is 5.97 Å². The maximum atomic E-state index is 10.4. The van der Waals surface area contributed by atoms with E-state index in [2.05, 4.69) is 10.1 Å². The maximum Gasteiger partial charge on any atom is 0.309 e. The summed E-state index contributed by atoms with van der Waals surface area (Å²) >= 11 is 1.55. The summed E-state index contributed by atoms with van der Waals surface area (Å²) in [5, 5.41) is 12.7. The SMILES string of the molecule is O=C(O)CC[n+]1ccc(-c2cncs2)cn1. The average Bonchev–Trinajstić information content (AvgIpc) is 2.80. The number of hydrogen-bond acceptors (Lipinski definition) is 4. The van der Waals surface area contributed by atoms with Crippen LogP contribution < -0.4 is 4.68 Å². The number of rotatable bonds is 4. The Kier molecular flexibility index (Phi) is 3.21. The summed E-state index contributed by atoms with van der Waals surface area (Å²) in [5.41, 5.74) is 2.76. The van der Waals surface area contributed by atoms with Crippen molar-refractivity contribution in [3.05, 3.63) is 30.2 Å². The second-order valence-electron chi connectivity index (χ2n) is 3.19. The van der Waals surface area contributed by atoms with E-state index in [1.807, 2.05) is 6.07 Å². The van der Waals surface area contributed by atoms with Gasteiger partial charge in [0.15, 0.2) is 12.7 Å². The van der Waals surface area contributed by atoms with Crippen molar-refractivity contribution in [3.63, 3.8) is 0 Å². The quantitative estimate of drug-likeness (QED) is 0.803. The molecule has 2 aromatic heterocycles. The summed E-state index contributed by atoms with van der Waals surface area (Å²) in [7, 11) is 0. The van der Waals surface area contributed by atoms with Crippen molar-refractivity contribution in [3.8, 4) is 10.4 Å². The molecule has 5 nitrogen and oxygen atoms in total. The van der Waals surface area contributed by atoms with E-state index in [9.17, 15) is 4.79 Å². The molecule has 0 aliphatic carbocycles. The first-order chi connectivity index (χ1) is 7.75. The van der Waals surface area contributed by atoms with Gasteiger partial charge in [-0.2, -0.15) is 0 Å². The van der Waals surface area contributed by atoms with Crippen molar-refractivity contribution in [2.24, 2.45) is 0 Å². The van der Waals surface area contributed by atoms with E-state index in [-0.39, 0.29) is 6.42 Å². The average molecular weight is 236 g/mol. The van der Waals surface area contributed by atoms with E-state index in [0.29, 0.717) is 6.54 Å². The van der Waals surface area contributed by atoms with Crippen LogP contribution in [0.25, 0.3) is 10.4 Å². The van der Waals surface area contributed by atoms with Crippen LogP contribution in [-0.2, 0) is 11.3 Å². The number of hydrogen-bond donors (Lipinski definition) is 1. The van der Waals surface area contributed by atoms with Crippen molar-refractivity contribution in [2.75, 3.05) is 0 Å². The summed E-state index contributed by atoms with van der Waals surface area (Å²) in [6.07, 6.45) is 5.36. The highest BCUT2D eigenvalue weighted by Gasteiger charge is 2.07. The topological polar surface area (TPSA) is 67.0 Å². The van der Waals surface area contributed by atoms with Gasteiger partial charge < -0.3 is 5.11 Å². The number of aliphatic carboxylic acids is 1. The lowest BCUT2D eigenvalue weighted by Crippen LogP contribution is -2.38. The van der Waals surface area contributed by atoms with E-state index in [4.69, 9.17) is 5.11 Å². The fourth-order valence-electron chi connectivity index (χ4n) is 1.23. The van der Waals surface area contributed by atoms with E-state index in [1.165, 1.54) is 0 Å². The lowest BCUT2D eigenvalue weighted by molar-refractivity contribution is -0.752. The Bertz CT molecular complexity index is 467. The first-order valence-corrected chi connectivity index (χ1v) is 5.60. The standard InChI is InChI=1S/C10H9N3O2S/c14-10(15)2-4-13-3-1-8(5-12-13)9-6-11-7-16-9/h1,3,5-7H,2,4H2/p+1. The first kappa shape index (κ1) is 10.7. The Labute approximate surface area is 96.0 Å². The number of carbonyl (C=O) groups is 1. The number of aromatic nitrogens is 3. The largest absolute Gasteiger partial charge is 0.481 e. The molecule has 0 radical (unpaired) electrons. The van der Waals surface area contributed by atoms with Gasteiger partial charge in [0.25, 0.3) is 0 Å². The van der Waals surface area contributed by atoms with Gasteiger partial charge in [0.1, 0.15) is 12.6 Å². The van der Waals surface area contributed by atoms with Gasteiger partial charge in [-0.15, -0.1) is 11.3 Å². The highest BCUT2D eigenvalue weighted by Crippen LogP contribution is 2.20. The van der Waals surface area contributed by atoms with Crippen LogP contribution in [-0.4, -0.2) is 21.2 Å². The molecule has 16 heavy (non-hydrogen) atoms. The molecule has 2 rings (SSSR count). The van der Waals surface area contributed by atoms with Crippen molar-refractivity contribution < 1.29 is 14.6 Å². The zero-order valence-corrected chi connectivity index (χ0v) is 9.22. The predicted octanol–water partition coefficient (Wildman–Crippen LogP) is 0.967. The molecular weight excluding hydrogens is 226 g/mol. The van der Waals surface area contributed by atoms with Crippen molar-refractivity contribution in [1.29, 1.82) is 0 Å². The molecule has 2 heterocycles. The summed E-state index contributed by atoms with van der Waals surface area (Å²) in [6, 6.07) is 1.91. The van der Waals surface area contributed by atoms with Gasteiger partial charge in [0.2, 0.25) is 0 Å². The van der Waals surface area contributed by atoms with Crippen LogP contribution in [0, 0.1) is 0 Å². The number of carboxylic acids is 1. The third kappa shape index (κ3) is 2.60. The molecule has 0 fully saturated rings. The molecule has 0 saturated heterocycles. The molecule has 0 aliphatic rings.